The second-order valence-electron chi connectivity index (χ2n) is 9.69. The number of rotatable bonds is 9. The number of fused-ring (bicyclic) bond motifs is 3. The van der Waals surface area contributed by atoms with Gasteiger partial charge in [-0.25, -0.2) is 22.5 Å². The lowest BCUT2D eigenvalue weighted by Crippen LogP contribution is -2.54. The number of nitrogens with zero attached hydrogens (tertiary/aromatic N) is 3. The zero-order valence-electron chi connectivity index (χ0n) is 19.7. The fourth-order valence-corrected chi connectivity index (χ4v) is 6.12. The number of alkyl halides is 3. The molecular weight excluding hydrogens is 501 g/mol. The van der Waals surface area contributed by atoms with E-state index in [1.165, 1.54) is 28.4 Å². The van der Waals surface area contributed by atoms with Gasteiger partial charge in [0.25, 0.3) is 5.92 Å². The largest absolute Gasteiger partial charge is 0.390 e. The molecule has 1 fully saturated rings. The maximum atomic E-state index is 15.6. The van der Waals surface area contributed by atoms with Gasteiger partial charge in [-0.05, 0) is 37.5 Å². The van der Waals surface area contributed by atoms with Crippen LogP contribution in [0.2, 0.25) is 0 Å². The summed E-state index contributed by atoms with van der Waals surface area (Å²) in [5.74, 6) is -5.14. The minimum atomic E-state index is -3.45. The van der Waals surface area contributed by atoms with E-state index in [2.05, 4.69) is 15.3 Å². The van der Waals surface area contributed by atoms with Crippen LogP contribution in [-0.4, -0.2) is 82.3 Å². The van der Waals surface area contributed by atoms with Crippen LogP contribution in [-0.2, 0) is 6.42 Å². The fourth-order valence-electron chi connectivity index (χ4n) is 5.31. The molecule has 4 heterocycles. The standard InChI is InChI=1S/C24H28F5N5OS/c1-13-5-16-20(32-23-22(16)36-12-30-23)21(34(13)10-24(28,29)11-35)19-17(26)6-14(7-18(19)27)31-15-8-33(9-15)4-2-3-25/h6-7,12-13,15,21,31-32,35H,2-5,8-11H2,1H3/t13-,21-/m1/s1. The van der Waals surface area contributed by atoms with Crippen molar-refractivity contribution in [3.8, 4) is 0 Å². The molecule has 2 atom stereocenters. The van der Waals surface area contributed by atoms with Crippen molar-refractivity contribution in [2.45, 2.75) is 43.8 Å². The van der Waals surface area contributed by atoms with Gasteiger partial charge < -0.3 is 15.4 Å². The van der Waals surface area contributed by atoms with Crippen LogP contribution in [0.15, 0.2) is 17.6 Å². The van der Waals surface area contributed by atoms with E-state index in [1.807, 2.05) is 4.90 Å². The molecule has 5 rings (SSSR count). The lowest BCUT2D eigenvalue weighted by molar-refractivity contribution is -0.0869. The highest BCUT2D eigenvalue weighted by atomic mass is 32.1. The maximum Gasteiger partial charge on any atom is 0.283 e. The van der Waals surface area contributed by atoms with Crippen LogP contribution in [0, 0.1) is 11.6 Å². The number of aliphatic hydroxyl groups excluding tert-OH is 1. The maximum absolute atomic E-state index is 15.6. The third-order valence-electron chi connectivity index (χ3n) is 7.02. The second-order valence-corrected chi connectivity index (χ2v) is 10.5. The van der Waals surface area contributed by atoms with Gasteiger partial charge in [0, 0.05) is 42.6 Å². The third kappa shape index (κ3) is 4.71. The van der Waals surface area contributed by atoms with E-state index in [4.69, 9.17) is 0 Å². The molecule has 2 aliphatic heterocycles. The van der Waals surface area contributed by atoms with Gasteiger partial charge in [0.1, 0.15) is 23.9 Å². The molecule has 0 bridgehead atoms. The number of aromatic nitrogens is 2. The average molecular weight is 530 g/mol. The van der Waals surface area contributed by atoms with Crippen LogP contribution >= 0.6 is 11.3 Å². The van der Waals surface area contributed by atoms with E-state index in [-0.39, 0.29) is 24.0 Å². The Morgan fingerprint density at radius 3 is 2.64 bits per heavy atom. The molecule has 0 spiro atoms. The first-order chi connectivity index (χ1) is 17.2. The summed E-state index contributed by atoms with van der Waals surface area (Å²) in [6.45, 7) is 1.05. The van der Waals surface area contributed by atoms with Crippen molar-refractivity contribution in [3.63, 3.8) is 0 Å². The van der Waals surface area contributed by atoms with Gasteiger partial charge >= 0.3 is 0 Å². The molecule has 2 aromatic heterocycles. The van der Waals surface area contributed by atoms with Crippen LogP contribution in [0.3, 0.4) is 0 Å². The number of H-pyrrole nitrogens is 1. The first-order valence-electron chi connectivity index (χ1n) is 11.9. The number of benzene rings is 1. The predicted octanol–water partition coefficient (Wildman–Crippen LogP) is 4.32. The zero-order chi connectivity index (χ0) is 25.6. The number of aliphatic hydroxyl groups is 1. The van der Waals surface area contributed by atoms with Gasteiger partial charge in [-0.3, -0.25) is 14.2 Å². The summed E-state index contributed by atoms with van der Waals surface area (Å²) in [4.78, 5) is 10.8. The normalized spacial score (nSPS) is 21.6. The molecule has 1 saturated heterocycles. The highest BCUT2D eigenvalue weighted by Gasteiger charge is 2.44. The van der Waals surface area contributed by atoms with Crippen LogP contribution in [0.5, 0.6) is 0 Å². The molecule has 1 aromatic carbocycles. The Balaban J connectivity index is 1.48. The zero-order valence-corrected chi connectivity index (χ0v) is 20.5. The van der Waals surface area contributed by atoms with Crippen molar-refractivity contribution in [1.82, 2.24) is 19.8 Å². The van der Waals surface area contributed by atoms with Gasteiger partial charge in [-0.1, -0.05) is 0 Å². The summed E-state index contributed by atoms with van der Waals surface area (Å²) < 4.78 is 73.0. The smallest absolute Gasteiger partial charge is 0.283 e. The summed E-state index contributed by atoms with van der Waals surface area (Å²) in [5.41, 5.74) is 3.41. The third-order valence-corrected chi connectivity index (χ3v) is 7.91. The topological polar surface area (TPSA) is 67.4 Å². The van der Waals surface area contributed by atoms with Crippen LogP contribution in [0.25, 0.3) is 10.3 Å². The monoisotopic (exact) mass is 529 g/mol. The number of thiazole rings is 1. The molecule has 0 radical (unpaired) electrons. The Morgan fingerprint density at radius 2 is 1.97 bits per heavy atom. The van der Waals surface area contributed by atoms with Gasteiger partial charge in [0.05, 0.1) is 35.5 Å². The molecule has 0 unspecified atom stereocenters. The minimum Gasteiger partial charge on any atom is -0.390 e. The highest BCUT2D eigenvalue weighted by Crippen LogP contribution is 2.44. The van der Waals surface area contributed by atoms with Crippen molar-refractivity contribution in [2.24, 2.45) is 0 Å². The highest BCUT2D eigenvalue weighted by molar-refractivity contribution is 7.16. The Kier molecular flexibility index (Phi) is 6.96. The molecule has 2 aliphatic rings. The minimum absolute atomic E-state index is 0.0171. The van der Waals surface area contributed by atoms with Crippen LogP contribution in [0.4, 0.5) is 27.6 Å². The molecule has 0 amide bonds. The van der Waals surface area contributed by atoms with Crippen LogP contribution in [0.1, 0.15) is 36.2 Å². The van der Waals surface area contributed by atoms with E-state index in [0.29, 0.717) is 43.8 Å². The Labute approximate surface area is 209 Å². The summed E-state index contributed by atoms with van der Waals surface area (Å²) in [6, 6.07) is 0.747. The van der Waals surface area contributed by atoms with Crippen molar-refractivity contribution in [2.75, 3.05) is 44.8 Å². The number of aromatic amines is 1. The number of hydrogen-bond acceptors (Lipinski definition) is 6. The Bertz CT molecular complexity index is 1200. The molecular formula is C24H28F5N5OS. The fraction of sp³-hybridized carbons (Fsp3) is 0.542. The number of anilines is 1. The Morgan fingerprint density at radius 1 is 1.25 bits per heavy atom. The predicted molar refractivity (Wildman–Crippen MR) is 129 cm³/mol. The number of likely N-dealkylation sites (tertiary alicyclic amines) is 1. The van der Waals surface area contributed by atoms with E-state index >= 15 is 8.78 Å². The van der Waals surface area contributed by atoms with Gasteiger partial charge in [0.2, 0.25) is 0 Å². The van der Waals surface area contributed by atoms with Crippen LogP contribution < -0.4 is 5.32 Å². The summed E-state index contributed by atoms with van der Waals surface area (Å²) in [5, 5.41) is 12.3. The van der Waals surface area contributed by atoms with E-state index in [0.717, 1.165) is 10.3 Å². The first-order valence-corrected chi connectivity index (χ1v) is 12.8. The molecule has 3 N–H and O–H groups in total. The number of nitrogens with one attached hydrogen (secondary N) is 2. The average Bonchev–Trinajstić information content (AvgIpc) is 3.39. The van der Waals surface area contributed by atoms with Crippen molar-refractivity contribution in [1.29, 1.82) is 0 Å². The van der Waals surface area contributed by atoms with E-state index in [1.54, 1.807) is 12.4 Å². The molecule has 36 heavy (non-hydrogen) atoms. The molecule has 196 valence electrons. The molecule has 0 aliphatic carbocycles. The quantitative estimate of drug-likeness (QED) is 0.361. The molecule has 0 saturated carbocycles. The van der Waals surface area contributed by atoms with E-state index < -0.39 is 42.8 Å². The first kappa shape index (κ1) is 25.4. The van der Waals surface area contributed by atoms with Crippen molar-refractivity contribution >= 4 is 27.4 Å². The summed E-state index contributed by atoms with van der Waals surface area (Å²) >= 11 is 1.39. The lowest BCUT2D eigenvalue weighted by Gasteiger charge is -2.42. The number of halogens is 5. The molecule has 3 aromatic rings. The summed E-state index contributed by atoms with van der Waals surface area (Å²) in [7, 11) is 0. The van der Waals surface area contributed by atoms with Crippen molar-refractivity contribution < 1.29 is 27.1 Å². The van der Waals surface area contributed by atoms with Crippen molar-refractivity contribution in [3.05, 3.63) is 46.1 Å². The Hall–Kier alpha value is -2.28. The van der Waals surface area contributed by atoms with E-state index in [9.17, 15) is 18.3 Å². The SMILES string of the molecule is C[C@@H]1Cc2c([nH]c3ncsc23)[C@@H](c2c(F)cc(NC3CN(CCCF)C3)cc2F)N1CC(F)(F)CO. The lowest BCUT2D eigenvalue weighted by atomic mass is 9.88. The van der Waals surface area contributed by atoms with Gasteiger partial charge in [0.15, 0.2) is 0 Å². The number of hydrogen-bond donors (Lipinski definition) is 3. The molecule has 6 nitrogen and oxygen atoms in total. The summed E-state index contributed by atoms with van der Waals surface area (Å²) in [6.07, 6.45) is 0.850. The van der Waals surface area contributed by atoms with Gasteiger partial charge in [-0.2, -0.15) is 0 Å². The second kappa shape index (κ2) is 9.88. The van der Waals surface area contributed by atoms with Gasteiger partial charge in [-0.15, -0.1) is 11.3 Å². The molecule has 12 heteroatoms.